The van der Waals surface area contributed by atoms with Gasteiger partial charge in [-0.25, -0.2) is 19.6 Å². The lowest BCUT2D eigenvalue weighted by molar-refractivity contribution is -0.137. The van der Waals surface area contributed by atoms with Crippen LogP contribution >= 0.6 is 11.8 Å². The zero-order chi connectivity index (χ0) is 26.9. The van der Waals surface area contributed by atoms with Crippen LogP contribution in [0.2, 0.25) is 0 Å². The second-order valence-electron chi connectivity index (χ2n) is 10.6. The summed E-state index contributed by atoms with van der Waals surface area (Å²) in [6.07, 6.45) is 15.1. The van der Waals surface area contributed by atoms with Gasteiger partial charge in [0.1, 0.15) is 6.04 Å². The Kier molecular flexibility index (Phi) is 16.1. The van der Waals surface area contributed by atoms with E-state index in [0.29, 0.717) is 5.75 Å². The number of hydrogen-bond donors (Lipinski definition) is 3. The fourth-order valence-electron chi connectivity index (χ4n) is 4.07. The molecule has 3 unspecified atom stereocenters. The van der Waals surface area contributed by atoms with E-state index in [-0.39, 0.29) is 11.6 Å². The number of carboxylic acid groups (broad SMARTS) is 2. The van der Waals surface area contributed by atoms with Gasteiger partial charge in [0.15, 0.2) is 5.69 Å². The molecule has 3 atom stereocenters. The van der Waals surface area contributed by atoms with Gasteiger partial charge in [0.2, 0.25) is 5.95 Å². The molecule has 0 amide bonds. The molecule has 0 aliphatic rings. The van der Waals surface area contributed by atoms with Gasteiger partial charge in [0, 0.05) is 17.7 Å². The van der Waals surface area contributed by atoms with E-state index < -0.39 is 18.0 Å². The molecule has 1 heterocycles. The fourth-order valence-corrected chi connectivity index (χ4v) is 5.07. The van der Waals surface area contributed by atoms with Crippen LogP contribution in [0.4, 0.5) is 5.95 Å². The van der Waals surface area contributed by atoms with Crippen LogP contribution in [0.5, 0.6) is 0 Å². The van der Waals surface area contributed by atoms with Crippen molar-refractivity contribution in [3.63, 3.8) is 0 Å². The lowest BCUT2D eigenvalue weighted by atomic mass is 9.91. The van der Waals surface area contributed by atoms with E-state index in [1.54, 1.807) is 0 Å². The van der Waals surface area contributed by atoms with E-state index in [2.05, 4.69) is 56.0 Å². The molecule has 8 heteroatoms. The minimum absolute atomic E-state index is 0.00401. The van der Waals surface area contributed by atoms with Crippen molar-refractivity contribution in [1.29, 1.82) is 0 Å². The number of carbonyl (C=O) groups is 2. The molecule has 0 aliphatic heterocycles. The molecule has 7 nitrogen and oxygen atoms in total. The molecular formula is C28H47N3O4S. The average molecular weight is 522 g/mol. The first-order valence-corrected chi connectivity index (χ1v) is 14.5. The number of nitrogens with zero attached hydrogens (tertiary/aromatic N) is 2. The first kappa shape index (κ1) is 31.9. The first-order chi connectivity index (χ1) is 17.1. The molecule has 0 spiro atoms. The van der Waals surface area contributed by atoms with Crippen LogP contribution in [0.1, 0.15) is 103 Å². The van der Waals surface area contributed by atoms with Crippen LogP contribution in [0, 0.1) is 17.8 Å². The summed E-state index contributed by atoms with van der Waals surface area (Å²) in [4.78, 5) is 30.4. The minimum atomic E-state index is -1.18. The van der Waals surface area contributed by atoms with Crippen LogP contribution in [0.3, 0.4) is 0 Å². The highest BCUT2D eigenvalue weighted by molar-refractivity contribution is 7.99. The van der Waals surface area contributed by atoms with Crippen LogP contribution in [0.25, 0.3) is 0 Å². The third-order valence-corrected chi connectivity index (χ3v) is 7.42. The Morgan fingerprint density at radius 1 is 1.00 bits per heavy atom. The summed E-state index contributed by atoms with van der Waals surface area (Å²) in [5.41, 5.74) is 1.16. The largest absolute Gasteiger partial charge is 0.480 e. The monoisotopic (exact) mass is 521 g/mol. The maximum absolute atomic E-state index is 11.6. The van der Waals surface area contributed by atoms with Crippen molar-refractivity contribution in [2.24, 2.45) is 17.8 Å². The van der Waals surface area contributed by atoms with E-state index in [9.17, 15) is 14.7 Å². The number of aliphatic carboxylic acids is 1. The van der Waals surface area contributed by atoms with Gasteiger partial charge < -0.3 is 15.5 Å². The molecule has 36 heavy (non-hydrogen) atoms. The number of aromatic carboxylic acids is 1. The second kappa shape index (κ2) is 18.2. The van der Waals surface area contributed by atoms with Crippen molar-refractivity contribution >= 4 is 29.6 Å². The van der Waals surface area contributed by atoms with Crippen LogP contribution in [0.15, 0.2) is 23.9 Å². The Labute approximate surface area is 222 Å². The Hall–Kier alpha value is -2.09. The standard InChI is InChI=1S/C28H47N3O4S/c1-20(2)9-6-10-21(3)11-7-12-22(4)13-8-14-23(5)16-18-36-19-25(27(34)35)31-28-29-17-15-24(30-28)26(32)33/h15-17,20-22,25H,6-14,18-19H2,1-5H3,(H,32,33)(H,34,35)(H,29,30,31)/b23-16+. The third kappa shape index (κ3) is 15.1. The van der Waals surface area contributed by atoms with E-state index in [1.165, 1.54) is 81.0 Å². The molecule has 0 saturated carbocycles. The summed E-state index contributed by atoms with van der Waals surface area (Å²) in [6, 6.07) is 0.370. The van der Waals surface area contributed by atoms with Crippen molar-refractivity contribution in [1.82, 2.24) is 9.97 Å². The number of anilines is 1. The minimum Gasteiger partial charge on any atom is -0.480 e. The van der Waals surface area contributed by atoms with Crippen molar-refractivity contribution in [2.75, 3.05) is 16.8 Å². The number of allylic oxidation sites excluding steroid dienone is 1. The van der Waals surface area contributed by atoms with E-state index in [4.69, 9.17) is 5.11 Å². The lowest BCUT2D eigenvalue weighted by Crippen LogP contribution is -2.32. The Morgan fingerprint density at radius 2 is 1.61 bits per heavy atom. The fraction of sp³-hybridized carbons (Fsp3) is 0.714. The topological polar surface area (TPSA) is 112 Å². The first-order valence-electron chi connectivity index (χ1n) is 13.4. The number of aromatic nitrogens is 2. The van der Waals surface area contributed by atoms with Gasteiger partial charge in [-0.1, -0.05) is 84.3 Å². The number of thioether (sulfide) groups is 1. The lowest BCUT2D eigenvalue weighted by Gasteiger charge is -2.15. The predicted molar refractivity (Wildman–Crippen MR) is 150 cm³/mol. The van der Waals surface area contributed by atoms with Gasteiger partial charge in [-0.15, -0.1) is 0 Å². The molecule has 204 valence electrons. The maximum atomic E-state index is 11.6. The summed E-state index contributed by atoms with van der Waals surface area (Å²) in [7, 11) is 0. The average Bonchev–Trinajstić information content (AvgIpc) is 2.80. The molecular weight excluding hydrogens is 474 g/mol. The van der Waals surface area contributed by atoms with Gasteiger partial charge in [-0.3, -0.25) is 0 Å². The number of nitrogens with one attached hydrogen (secondary N) is 1. The van der Waals surface area contributed by atoms with E-state index in [0.717, 1.165) is 29.9 Å². The summed E-state index contributed by atoms with van der Waals surface area (Å²) < 4.78 is 0. The number of carboxylic acids is 2. The van der Waals surface area contributed by atoms with E-state index in [1.807, 2.05) is 0 Å². The summed E-state index contributed by atoms with van der Waals surface area (Å²) >= 11 is 1.52. The van der Waals surface area contributed by atoms with Gasteiger partial charge in [-0.05, 0) is 43.6 Å². The third-order valence-electron chi connectivity index (χ3n) is 6.45. The molecule has 0 aliphatic carbocycles. The Morgan fingerprint density at radius 3 is 2.19 bits per heavy atom. The summed E-state index contributed by atoms with van der Waals surface area (Å²) in [5.74, 6) is 1.29. The zero-order valence-corrected chi connectivity index (χ0v) is 23.6. The SMILES string of the molecule is C/C(=C\CSCC(Nc1nccc(C(=O)O)n1)C(=O)O)CCCC(C)CCCC(C)CCCC(C)C. The normalized spacial score (nSPS) is 14.4. The smallest absolute Gasteiger partial charge is 0.354 e. The predicted octanol–water partition coefficient (Wildman–Crippen LogP) is 7.16. The van der Waals surface area contributed by atoms with Crippen molar-refractivity contribution in [3.8, 4) is 0 Å². The number of rotatable bonds is 20. The van der Waals surface area contributed by atoms with Crippen LogP contribution in [-0.4, -0.2) is 49.7 Å². The number of hydrogen-bond acceptors (Lipinski definition) is 6. The maximum Gasteiger partial charge on any atom is 0.354 e. The van der Waals surface area contributed by atoms with Crippen molar-refractivity contribution < 1.29 is 19.8 Å². The molecule has 0 radical (unpaired) electrons. The Bertz CT molecular complexity index is 816. The highest BCUT2D eigenvalue weighted by atomic mass is 32.2. The van der Waals surface area contributed by atoms with Gasteiger partial charge >= 0.3 is 11.9 Å². The molecule has 0 fully saturated rings. The van der Waals surface area contributed by atoms with Gasteiger partial charge in [0.25, 0.3) is 0 Å². The highest BCUT2D eigenvalue weighted by Gasteiger charge is 2.19. The molecule has 0 saturated heterocycles. The molecule has 1 aromatic rings. The van der Waals surface area contributed by atoms with Crippen LogP contribution < -0.4 is 5.32 Å². The zero-order valence-electron chi connectivity index (χ0n) is 22.8. The molecule has 0 aromatic carbocycles. The molecule has 1 rings (SSSR count). The van der Waals surface area contributed by atoms with Crippen LogP contribution in [-0.2, 0) is 4.79 Å². The van der Waals surface area contributed by atoms with Crippen molar-refractivity contribution in [3.05, 3.63) is 29.6 Å². The molecule has 1 aromatic heterocycles. The van der Waals surface area contributed by atoms with Gasteiger partial charge in [0.05, 0.1) is 0 Å². The van der Waals surface area contributed by atoms with Crippen molar-refractivity contribution in [2.45, 2.75) is 98.4 Å². The second-order valence-corrected chi connectivity index (χ2v) is 11.6. The van der Waals surface area contributed by atoms with E-state index >= 15 is 0 Å². The molecule has 3 N–H and O–H groups in total. The quantitative estimate of drug-likeness (QED) is 0.122. The summed E-state index contributed by atoms with van der Waals surface area (Å²) in [6.45, 7) is 11.5. The molecule has 0 bridgehead atoms. The summed E-state index contributed by atoms with van der Waals surface area (Å²) in [5, 5.41) is 21.2. The van der Waals surface area contributed by atoms with Gasteiger partial charge in [-0.2, -0.15) is 11.8 Å². The highest BCUT2D eigenvalue weighted by Crippen LogP contribution is 2.22. The Balaban J connectivity index is 2.24.